The van der Waals surface area contributed by atoms with E-state index >= 15 is 0 Å². The zero-order valence-corrected chi connectivity index (χ0v) is 16.1. The SMILES string of the molecule is COc1ccc(N(Cc2cccs2)S(=O)(=O)c2ccccc2OC)cc1. The summed E-state index contributed by atoms with van der Waals surface area (Å²) in [6.07, 6.45) is 0. The van der Waals surface area contributed by atoms with E-state index in [-0.39, 0.29) is 11.4 Å². The van der Waals surface area contributed by atoms with Crippen molar-refractivity contribution < 1.29 is 17.9 Å². The van der Waals surface area contributed by atoms with Crippen molar-refractivity contribution in [3.05, 3.63) is 70.9 Å². The number of benzene rings is 2. The van der Waals surface area contributed by atoms with Gasteiger partial charge in [-0.15, -0.1) is 11.3 Å². The van der Waals surface area contributed by atoms with E-state index in [1.165, 1.54) is 22.8 Å². The molecule has 1 heterocycles. The first kappa shape index (κ1) is 18.3. The molecule has 1 aromatic heterocycles. The van der Waals surface area contributed by atoms with Crippen LogP contribution in [0.5, 0.6) is 11.5 Å². The number of thiophene rings is 1. The molecular formula is C19H19NO4S2. The van der Waals surface area contributed by atoms with Gasteiger partial charge in [0.2, 0.25) is 0 Å². The summed E-state index contributed by atoms with van der Waals surface area (Å²) >= 11 is 1.51. The fourth-order valence-corrected chi connectivity index (χ4v) is 4.93. The molecule has 7 heteroatoms. The fraction of sp³-hybridized carbons (Fsp3) is 0.158. The van der Waals surface area contributed by atoms with E-state index in [1.54, 1.807) is 55.6 Å². The number of methoxy groups -OCH3 is 2. The van der Waals surface area contributed by atoms with Crippen LogP contribution in [0.4, 0.5) is 5.69 Å². The Morgan fingerprint density at radius 2 is 1.65 bits per heavy atom. The van der Waals surface area contributed by atoms with Crippen LogP contribution in [0.2, 0.25) is 0 Å². The van der Waals surface area contributed by atoms with Crippen molar-refractivity contribution in [2.75, 3.05) is 18.5 Å². The summed E-state index contributed by atoms with van der Waals surface area (Å²) in [5.41, 5.74) is 0.560. The molecule has 0 aliphatic heterocycles. The third kappa shape index (κ3) is 3.68. The lowest BCUT2D eigenvalue weighted by Crippen LogP contribution is -2.30. The van der Waals surface area contributed by atoms with Gasteiger partial charge in [-0.25, -0.2) is 8.42 Å². The number of para-hydroxylation sites is 1. The van der Waals surface area contributed by atoms with E-state index in [4.69, 9.17) is 9.47 Å². The average molecular weight is 389 g/mol. The highest BCUT2D eigenvalue weighted by Crippen LogP contribution is 2.32. The van der Waals surface area contributed by atoms with E-state index < -0.39 is 10.0 Å². The molecular weight excluding hydrogens is 370 g/mol. The smallest absolute Gasteiger partial charge is 0.268 e. The Kier molecular flexibility index (Phi) is 5.49. The molecule has 0 atom stereocenters. The van der Waals surface area contributed by atoms with Gasteiger partial charge in [0.15, 0.2) is 0 Å². The van der Waals surface area contributed by atoms with Gasteiger partial charge in [-0.1, -0.05) is 18.2 Å². The normalized spacial score (nSPS) is 11.2. The van der Waals surface area contributed by atoms with Gasteiger partial charge in [-0.05, 0) is 47.8 Å². The van der Waals surface area contributed by atoms with Crippen LogP contribution in [0, 0.1) is 0 Å². The predicted molar refractivity (Wildman–Crippen MR) is 104 cm³/mol. The van der Waals surface area contributed by atoms with Crippen LogP contribution in [0.15, 0.2) is 70.9 Å². The number of rotatable bonds is 7. The molecule has 0 fully saturated rings. The maximum atomic E-state index is 13.4. The summed E-state index contributed by atoms with van der Waals surface area (Å²) in [5, 5.41) is 1.93. The van der Waals surface area contributed by atoms with Gasteiger partial charge in [0.25, 0.3) is 10.0 Å². The van der Waals surface area contributed by atoms with Crippen molar-refractivity contribution in [1.29, 1.82) is 0 Å². The summed E-state index contributed by atoms with van der Waals surface area (Å²) in [4.78, 5) is 1.08. The molecule has 136 valence electrons. The van der Waals surface area contributed by atoms with Crippen molar-refractivity contribution in [2.24, 2.45) is 0 Å². The van der Waals surface area contributed by atoms with Crippen LogP contribution in [0.3, 0.4) is 0 Å². The molecule has 3 rings (SSSR count). The number of hydrogen-bond acceptors (Lipinski definition) is 5. The highest BCUT2D eigenvalue weighted by atomic mass is 32.2. The Hall–Kier alpha value is -2.51. The topological polar surface area (TPSA) is 55.8 Å². The molecule has 0 amide bonds. The second-order valence-electron chi connectivity index (χ2n) is 5.44. The van der Waals surface area contributed by atoms with Crippen LogP contribution in [-0.2, 0) is 16.6 Å². The van der Waals surface area contributed by atoms with Crippen molar-refractivity contribution in [2.45, 2.75) is 11.4 Å². The molecule has 3 aromatic rings. The number of hydrogen-bond donors (Lipinski definition) is 0. The van der Waals surface area contributed by atoms with E-state index in [0.717, 1.165) is 4.88 Å². The molecule has 0 radical (unpaired) electrons. The van der Waals surface area contributed by atoms with Crippen LogP contribution >= 0.6 is 11.3 Å². The number of nitrogens with zero attached hydrogens (tertiary/aromatic N) is 1. The molecule has 0 bridgehead atoms. The van der Waals surface area contributed by atoms with Gasteiger partial charge in [0.05, 0.1) is 26.5 Å². The van der Waals surface area contributed by atoms with Crippen molar-refractivity contribution in [3.63, 3.8) is 0 Å². The Bertz CT molecular complexity index is 951. The largest absolute Gasteiger partial charge is 0.497 e. The fourth-order valence-electron chi connectivity index (χ4n) is 2.56. The minimum atomic E-state index is -3.82. The Balaban J connectivity index is 2.09. The minimum Gasteiger partial charge on any atom is -0.497 e. The van der Waals surface area contributed by atoms with Gasteiger partial charge in [-0.3, -0.25) is 4.31 Å². The highest BCUT2D eigenvalue weighted by Gasteiger charge is 2.28. The van der Waals surface area contributed by atoms with Gasteiger partial charge in [-0.2, -0.15) is 0 Å². The maximum absolute atomic E-state index is 13.4. The van der Waals surface area contributed by atoms with E-state index in [9.17, 15) is 8.42 Å². The third-order valence-corrected chi connectivity index (χ3v) is 6.55. The summed E-state index contributed by atoms with van der Waals surface area (Å²) < 4.78 is 38.7. The first-order valence-electron chi connectivity index (χ1n) is 7.88. The number of anilines is 1. The zero-order valence-electron chi connectivity index (χ0n) is 14.5. The first-order valence-corrected chi connectivity index (χ1v) is 10.2. The van der Waals surface area contributed by atoms with E-state index in [0.29, 0.717) is 17.2 Å². The van der Waals surface area contributed by atoms with Crippen LogP contribution < -0.4 is 13.8 Å². The van der Waals surface area contributed by atoms with Crippen molar-refractivity contribution >= 4 is 27.0 Å². The quantitative estimate of drug-likeness (QED) is 0.609. The maximum Gasteiger partial charge on any atom is 0.268 e. The van der Waals surface area contributed by atoms with Crippen LogP contribution in [0.25, 0.3) is 0 Å². The van der Waals surface area contributed by atoms with Crippen LogP contribution in [-0.4, -0.2) is 22.6 Å². The molecule has 26 heavy (non-hydrogen) atoms. The second kappa shape index (κ2) is 7.80. The Labute approximate surface area is 157 Å². The first-order chi connectivity index (χ1) is 12.6. The highest BCUT2D eigenvalue weighted by molar-refractivity contribution is 7.93. The third-order valence-electron chi connectivity index (χ3n) is 3.88. The summed E-state index contributed by atoms with van der Waals surface area (Å²) in [6, 6.07) is 17.4. The zero-order chi connectivity index (χ0) is 18.6. The predicted octanol–water partition coefficient (Wildman–Crippen LogP) is 4.16. The molecule has 0 aliphatic carbocycles. The Morgan fingerprint density at radius 1 is 0.923 bits per heavy atom. The molecule has 0 N–H and O–H groups in total. The second-order valence-corrected chi connectivity index (χ2v) is 8.30. The van der Waals surface area contributed by atoms with Gasteiger partial charge < -0.3 is 9.47 Å². The summed E-state index contributed by atoms with van der Waals surface area (Å²) in [6.45, 7) is 0.240. The van der Waals surface area contributed by atoms with Crippen LogP contribution in [0.1, 0.15) is 4.88 Å². The lowest BCUT2D eigenvalue weighted by atomic mass is 10.3. The van der Waals surface area contributed by atoms with Crippen molar-refractivity contribution in [1.82, 2.24) is 0 Å². The minimum absolute atomic E-state index is 0.134. The Morgan fingerprint density at radius 3 is 2.27 bits per heavy atom. The van der Waals surface area contributed by atoms with Gasteiger partial charge in [0.1, 0.15) is 16.4 Å². The molecule has 0 saturated carbocycles. The average Bonchev–Trinajstić information content (AvgIpc) is 3.19. The number of sulfonamides is 1. The monoisotopic (exact) mass is 389 g/mol. The van der Waals surface area contributed by atoms with Crippen molar-refractivity contribution in [3.8, 4) is 11.5 Å². The molecule has 0 saturated heterocycles. The molecule has 2 aromatic carbocycles. The van der Waals surface area contributed by atoms with Gasteiger partial charge in [0, 0.05) is 4.88 Å². The molecule has 0 unspecified atom stereocenters. The summed E-state index contributed by atoms with van der Waals surface area (Å²) in [7, 11) is -0.781. The van der Waals surface area contributed by atoms with E-state index in [2.05, 4.69) is 0 Å². The van der Waals surface area contributed by atoms with E-state index in [1.807, 2.05) is 17.5 Å². The molecule has 5 nitrogen and oxygen atoms in total. The molecule has 0 spiro atoms. The number of ether oxygens (including phenoxy) is 2. The lowest BCUT2D eigenvalue weighted by molar-refractivity contribution is 0.402. The lowest BCUT2D eigenvalue weighted by Gasteiger charge is -2.25. The van der Waals surface area contributed by atoms with Gasteiger partial charge >= 0.3 is 0 Å². The summed E-state index contributed by atoms with van der Waals surface area (Å²) in [5.74, 6) is 0.983. The molecule has 0 aliphatic rings. The standard InChI is InChI=1S/C19H19NO4S2/c1-23-16-11-9-15(10-12-16)20(14-17-6-5-13-25-17)26(21,22)19-8-4-3-7-18(19)24-2/h3-13H,14H2,1-2H3.